The molecule has 3 aromatic heterocycles. The normalized spacial score (nSPS) is 11.7. The van der Waals surface area contributed by atoms with E-state index in [0.717, 1.165) is 60.5 Å². The lowest BCUT2D eigenvalue weighted by Gasteiger charge is -2.14. The Morgan fingerprint density at radius 2 is 0.800 bits per heavy atom. The Kier molecular flexibility index (Phi) is 8.00. The van der Waals surface area contributed by atoms with Gasteiger partial charge in [-0.25, -0.2) is 15.0 Å². The molecule has 0 N–H and O–H groups in total. The molecular formula is C55H33N3OS. The van der Waals surface area contributed by atoms with Gasteiger partial charge < -0.3 is 4.42 Å². The van der Waals surface area contributed by atoms with E-state index in [1.54, 1.807) is 0 Å². The van der Waals surface area contributed by atoms with Crippen LogP contribution in [0.3, 0.4) is 0 Å². The van der Waals surface area contributed by atoms with Crippen LogP contribution in [0.25, 0.3) is 120 Å². The van der Waals surface area contributed by atoms with Gasteiger partial charge in [-0.15, -0.1) is 11.3 Å². The van der Waals surface area contributed by atoms with E-state index in [0.29, 0.717) is 17.5 Å². The minimum Gasteiger partial charge on any atom is -0.456 e. The molecule has 0 radical (unpaired) electrons. The second kappa shape index (κ2) is 14.0. The van der Waals surface area contributed by atoms with Crippen LogP contribution in [0.2, 0.25) is 0 Å². The summed E-state index contributed by atoms with van der Waals surface area (Å²) in [5.74, 6) is 1.80. The molecular weight excluding hydrogens is 751 g/mol. The van der Waals surface area contributed by atoms with Gasteiger partial charge in [0, 0.05) is 53.2 Å². The standard InChI is InChI=1S/C55H33N3OS/c1-3-14-34(15-4-1)36-18-11-19-37(32-36)53-56-54(38-28-29-44-43-22-9-10-27-49(43)59-50(44)33-38)58-55(57-53)48-31-30-42(40-20-7-8-21-41(40)48)45-24-13-26-47-46-25-12-23-39(51(46)60-52(45)47)35-16-5-2-6-17-35/h1-33H. The van der Waals surface area contributed by atoms with Crippen LogP contribution in [0.5, 0.6) is 0 Å². The summed E-state index contributed by atoms with van der Waals surface area (Å²) in [5.41, 5.74) is 11.5. The van der Waals surface area contributed by atoms with Crippen molar-refractivity contribution >= 4 is 64.2 Å². The number of rotatable bonds is 6. The van der Waals surface area contributed by atoms with Crippen LogP contribution in [0.4, 0.5) is 0 Å². The maximum Gasteiger partial charge on any atom is 0.164 e. The van der Waals surface area contributed by atoms with Crippen molar-refractivity contribution in [3.05, 3.63) is 200 Å². The molecule has 0 fully saturated rings. The number of nitrogens with zero attached hydrogens (tertiary/aromatic N) is 3. The van der Waals surface area contributed by atoms with Crippen molar-refractivity contribution in [2.45, 2.75) is 0 Å². The summed E-state index contributed by atoms with van der Waals surface area (Å²) >= 11 is 1.87. The van der Waals surface area contributed by atoms with Crippen LogP contribution in [0.15, 0.2) is 205 Å². The largest absolute Gasteiger partial charge is 0.456 e. The van der Waals surface area contributed by atoms with Crippen molar-refractivity contribution < 1.29 is 4.42 Å². The second-order valence-electron chi connectivity index (χ2n) is 15.1. The molecule has 0 unspecified atom stereocenters. The minimum absolute atomic E-state index is 0.583. The van der Waals surface area contributed by atoms with E-state index in [9.17, 15) is 0 Å². The summed E-state index contributed by atoms with van der Waals surface area (Å²) in [5, 5.41) is 6.91. The molecule has 0 amide bonds. The Bertz CT molecular complexity index is 3610. The van der Waals surface area contributed by atoms with Gasteiger partial charge in [0.1, 0.15) is 11.2 Å². The third-order valence-corrected chi connectivity index (χ3v) is 12.9. The van der Waals surface area contributed by atoms with Gasteiger partial charge in [0.25, 0.3) is 0 Å². The van der Waals surface area contributed by atoms with E-state index < -0.39 is 0 Å². The zero-order chi connectivity index (χ0) is 39.6. The summed E-state index contributed by atoms with van der Waals surface area (Å²) in [6.07, 6.45) is 0. The van der Waals surface area contributed by atoms with Gasteiger partial charge >= 0.3 is 0 Å². The maximum absolute atomic E-state index is 6.33. The molecule has 0 saturated carbocycles. The zero-order valence-electron chi connectivity index (χ0n) is 32.2. The molecule has 0 aliphatic carbocycles. The van der Waals surface area contributed by atoms with Crippen molar-refractivity contribution in [2.24, 2.45) is 0 Å². The Labute approximate surface area is 349 Å². The summed E-state index contributed by atoms with van der Waals surface area (Å²) < 4.78 is 8.91. The molecule has 60 heavy (non-hydrogen) atoms. The van der Waals surface area contributed by atoms with Crippen LogP contribution in [-0.4, -0.2) is 15.0 Å². The highest BCUT2D eigenvalue weighted by atomic mass is 32.1. The van der Waals surface area contributed by atoms with E-state index in [4.69, 9.17) is 19.4 Å². The van der Waals surface area contributed by atoms with Crippen LogP contribution >= 0.6 is 11.3 Å². The smallest absolute Gasteiger partial charge is 0.164 e. The third-order valence-electron chi connectivity index (χ3n) is 11.6. The summed E-state index contributed by atoms with van der Waals surface area (Å²) in [6, 6.07) is 70.4. The number of thiophene rings is 1. The number of aromatic nitrogens is 3. The Morgan fingerprint density at radius 1 is 0.283 bits per heavy atom. The van der Waals surface area contributed by atoms with Gasteiger partial charge in [-0.3, -0.25) is 0 Å². The topological polar surface area (TPSA) is 51.8 Å². The van der Waals surface area contributed by atoms with Crippen molar-refractivity contribution in [3.8, 4) is 67.5 Å². The number of benzene rings is 9. The van der Waals surface area contributed by atoms with E-state index in [1.165, 1.54) is 42.4 Å². The van der Waals surface area contributed by atoms with E-state index in [1.807, 2.05) is 35.6 Å². The van der Waals surface area contributed by atoms with Gasteiger partial charge in [0.2, 0.25) is 0 Å². The predicted octanol–water partition coefficient (Wildman–Crippen LogP) is 15.3. The fraction of sp³-hybridized carbons (Fsp3) is 0. The van der Waals surface area contributed by atoms with Crippen molar-refractivity contribution in [2.75, 3.05) is 0 Å². The third kappa shape index (κ3) is 5.70. The second-order valence-corrected chi connectivity index (χ2v) is 16.1. The molecule has 0 aliphatic rings. The van der Waals surface area contributed by atoms with Gasteiger partial charge in [-0.1, -0.05) is 170 Å². The highest BCUT2D eigenvalue weighted by molar-refractivity contribution is 7.26. The summed E-state index contributed by atoms with van der Waals surface area (Å²) in [6.45, 7) is 0. The van der Waals surface area contributed by atoms with Crippen molar-refractivity contribution in [3.63, 3.8) is 0 Å². The number of hydrogen-bond donors (Lipinski definition) is 0. The molecule has 3 heterocycles. The average Bonchev–Trinajstić information content (AvgIpc) is 3.90. The van der Waals surface area contributed by atoms with Gasteiger partial charge in [0.05, 0.1) is 0 Å². The van der Waals surface area contributed by atoms with Crippen LogP contribution in [0, 0.1) is 0 Å². The fourth-order valence-electron chi connectivity index (χ4n) is 8.69. The molecule has 12 rings (SSSR count). The molecule has 12 aromatic rings. The quantitative estimate of drug-likeness (QED) is 0.169. The first kappa shape index (κ1) is 34.3. The lowest BCUT2D eigenvalue weighted by atomic mass is 9.93. The van der Waals surface area contributed by atoms with Gasteiger partial charge in [0.15, 0.2) is 17.5 Å². The fourth-order valence-corrected chi connectivity index (χ4v) is 10.1. The number of hydrogen-bond acceptors (Lipinski definition) is 5. The minimum atomic E-state index is 0.583. The van der Waals surface area contributed by atoms with Crippen molar-refractivity contribution in [1.29, 1.82) is 0 Å². The molecule has 0 atom stereocenters. The highest BCUT2D eigenvalue weighted by Gasteiger charge is 2.20. The Morgan fingerprint density at radius 3 is 1.57 bits per heavy atom. The van der Waals surface area contributed by atoms with Crippen molar-refractivity contribution in [1.82, 2.24) is 15.0 Å². The highest BCUT2D eigenvalue weighted by Crippen LogP contribution is 2.46. The van der Waals surface area contributed by atoms with Gasteiger partial charge in [-0.05, 0) is 68.9 Å². The molecule has 0 spiro atoms. The van der Waals surface area contributed by atoms with E-state index >= 15 is 0 Å². The predicted molar refractivity (Wildman–Crippen MR) is 250 cm³/mol. The number of fused-ring (bicyclic) bond motifs is 7. The Hall–Kier alpha value is -7.73. The monoisotopic (exact) mass is 783 g/mol. The molecule has 0 bridgehead atoms. The maximum atomic E-state index is 6.33. The molecule has 0 aliphatic heterocycles. The lowest BCUT2D eigenvalue weighted by Crippen LogP contribution is -2.01. The summed E-state index contributed by atoms with van der Waals surface area (Å²) in [7, 11) is 0. The zero-order valence-corrected chi connectivity index (χ0v) is 33.0. The molecule has 9 aromatic carbocycles. The average molecular weight is 784 g/mol. The van der Waals surface area contributed by atoms with E-state index in [-0.39, 0.29) is 0 Å². The first-order valence-corrected chi connectivity index (χ1v) is 20.9. The van der Waals surface area contributed by atoms with E-state index in [2.05, 4.69) is 176 Å². The lowest BCUT2D eigenvalue weighted by molar-refractivity contribution is 0.669. The molecule has 5 heteroatoms. The van der Waals surface area contributed by atoms with Crippen LogP contribution in [0.1, 0.15) is 0 Å². The SMILES string of the molecule is c1ccc(-c2cccc(-c3nc(-c4ccc5c(c4)oc4ccccc45)nc(-c4ccc(-c5cccc6c5sc5c(-c7ccccc7)cccc56)c5ccccc45)n3)c2)cc1. The Balaban J connectivity index is 1.05. The van der Waals surface area contributed by atoms with Gasteiger partial charge in [-0.2, -0.15) is 0 Å². The number of para-hydroxylation sites is 1. The first-order chi connectivity index (χ1) is 29.7. The van der Waals surface area contributed by atoms with Crippen LogP contribution in [-0.2, 0) is 0 Å². The summed E-state index contributed by atoms with van der Waals surface area (Å²) in [4.78, 5) is 15.7. The number of furan rings is 1. The molecule has 0 saturated heterocycles. The van der Waals surface area contributed by atoms with Crippen LogP contribution < -0.4 is 0 Å². The molecule has 280 valence electrons. The first-order valence-electron chi connectivity index (χ1n) is 20.1. The molecule has 4 nitrogen and oxygen atoms in total.